The zero-order valence-electron chi connectivity index (χ0n) is 26.8. The van der Waals surface area contributed by atoms with Gasteiger partial charge in [0.1, 0.15) is 0 Å². The Morgan fingerprint density at radius 2 is 1.84 bits per heavy atom. The van der Waals surface area contributed by atoms with Gasteiger partial charge in [-0.3, -0.25) is 9.35 Å². The molecule has 1 heterocycles. The Hall–Kier alpha value is -0.780. The highest BCUT2D eigenvalue weighted by molar-refractivity contribution is 7.80. The second kappa shape index (κ2) is 13.5. The Bertz CT molecular complexity index is 1070. The molecule has 4 aliphatic carbocycles. The summed E-state index contributed by atoms with van der Waals surface area (Å²) in [6, 6.07) is 0.518. The lowest BCUT2D eigenvalue weighted by molar-refractivity contribution is -0.170. The summed E-state index contributed by atoms with van der Waals surface area (Å²) < 4.78 is 36.6. The Labute approximate surface area is 259 Å². The van der Waals surface area contributed by atoms with Gasteiger partial charge in [0.15, 0.2) is 0 Å². The first-order valence-electron chi connectivity index (χ1n) is 17.3. The Morgan fingerprint density at radius 3 is 2.56 bits per heavy atom. The number of rotatable bonds is 12. The van der Waals surface area contributed by atoms with E-state index in [4.69, 9.17) is 8.74 Å². The van der Waals surface area contributed by atoms with Crippen molar-refractivity contribution in [2.24, 2.45) is 46.3 Å². The molecular weight excluding hydrogens is 568 g/mol. The Kier molecular flexibility index (Phi) is 10.6. The summed E-state index contributed by atoms with van der Waals surface area (Å²) in [6.07, 6.45) is 12.3. The van der Waals surface area contributed by atoms with Gasteiger partial charge in [-0.2, -0.15) is 8.42 Å². The number of fused-ring (bicyclic) bond motifs is 5. The first-order chi connectivity index (χ1) is 20.4. The summed E-state index contributed by atoms with van der Waals surface area (Å²) in [4.78, 5) is 14.2. The minimum atomic E-state index is -4.57. The molecule has 10 heteroatoms. The van der Waals surface area contributed by atoms with Crippen LogP contribution < -0.4 is 5.32 Å². The van der Waals surface area contributed by atoms with Gasteiger partial charge in [0.2, 0.25) is 5.91 Å². The van der Waals surface area contributed by atoms with Crippen molar-refractivity contribution >= 4 is 16.3 Å². The molecule has 248 valence electrons. The van der Waals surface area contributed by atoms with Crippen LogP contribution in [-0.2, 0) is 19.4 Å². The first-order valence-corrected chi connectivity index (χ1v) is 18.7. The average Bonchev–Trinajstić information content (AvgIpc) is 3.31. The van der Waals surface area contributed by atoms with Gasteiger partial charge in [-0.25, -0.2) is 4.18 Å². The number of carbonyl (C=O) groups is 1. The number of aliphatic hydroxyl groups excluding tert-OH is 2. The lowest BCUT2D eigenvalue weighted by Gasteiger charge is -2.62. The summed E-state index contributed by atoms with van der Waals surface area (Å²) in [6.45, 7) is 9.48. The first kappa shape index (κ1) is 33.6. The van der Waals surface area contributed by atoms with Crippen LogP contribution in [0.2, 0.25) is 0 Å². The summed E-state index contributed by atoms with van der Waals surface area (Å²) in [5.41, 5.74) is 0.116. The predicted molar refractivity (Wildman–Crippen MR) is 165 cm³/mol. The van der Waals surface area contributed by atoms with Crippen LogP contribution in [0.15, 0.2) is 0 Å². The van der Waals surface area contributed by atoms with Crippen LogP contribution in [-0.4, -0.2) is 78.5 Å². The molecule has 0 aromatic rings. The molecule has 1 aliphatic heterocycles. The van der Waals surface area contributed by atoms with Crippen molar-refractivity contribution in [1.82, 2.24) is 10.2 Å². The molecular formula is C33H58N2O7S. The number of piperidine rings is 1. The molecule has 5 aliphatic rings. The third-order valence-corrected chi connectivity index (χ3v) is 13.9. The van der Waals surface area contributed by atoms with Gasteiger partial charge in [-0.05, 0) is 130 Å². The van der Waals surface area contributed by atoms with Crippen LogP contribution in [0, 0.1) is 46.3 Å². The van der Waals surface area contributed by atoms with E-state index in [0.29, 0.717) is 54.4 Å². The summed E-state index contributed by atoms with van der Waals surface area (Å²) in [5.74, 6) is 3.32. The van der Waals surface area contributed by atoms with Crippen molar-refractivity contribution in [3.63, 3.8) is 0 Å². The van der Waals surface area contributed by atoms with Crippen molar-refractivity contribution in [3.05, 3.63) is 0 Å². The average molecular weight is 627 g/mol. The highest BCUT2D eigenvalue weighted by Gasteiger charge is 2.63. The molecule has 0 spiro atoms. The van der Waals surface area contributed by atoms with Crippen molar-refractivity contribution < 1.29 is 32.2 Å². The van der Waals surface area contributed by atoms with E-state index in [9.17, 15) is 23.4 Å². The van der Waals surface area contributed by atoms with E-state index >= 15 is 0 Å². The van der Waals surface area contributed by atoms with Crippen LogP contribution in [0.5, 0.6) is 0 Å². The normalized spacial score (nSPS) is 41.3. The smallest absolute Gasteiger partial charge is 0.396 e. The molecule has 4 unspecified atom stereocenters. The Balaban J connectivity index is 1.18. The summed E-state index contributed by atoms with van der Waals surface area (Å²) >= 11 is 0. The quantitative estimate of drug-likeness (QED) is 0.231. The van der Waals surface area contributed by atoms with E-state index in [1.54, 1.807) is 0 Å². The molecule has 1 saturated heterocycles. The minimum absolute atomic E-state index is 0.148. The van der Waals surface area contributed by atoms with E-state index in [2.05, 4.69) is 26.1 Å². The molecule has 0 bridgehead atoms. The van der Waals surface area contributed by atoms with E-state index < -0.39 is 16.5 Å². The monoisotopic (exact) mass is 626 g/mol. The molecule has 4 N–H and O–H groups in total. The maximum absolute atomic E-state index is 12.2. The number of hydrogen-bond acceptors (Lipinski definition) is 7. The van der Waals surface area contributed by atoms with Crippen molar-refractivity contribution in [2.45, 2.75) is 129 Å². The van der Waals surface area contributed by atoms with E-state index in [-0.39, 0.29) is 35.9 Å². The molecule has 0 radical (unpaired) electrons. The molecule has 9 nitrogen and oxygen atoms in total. The number of aliphatic hydroxyl groups is 2. The van der Waals surface area contributed by atoms with Crippen molar-refractivity contribution in [1.29, 1.82) is 0 Å². The zero-order valence-corrected chi connectivity index (χ0v) is 27.6. The van der Waals surface area contributed by atoms with Crippen molar-refractivity contribution in [3.8, 4) is 0 Å². The van der Waals surface area contributed by atoms with Gasteiger partial charge >= 0.3 is 10.4 Å². The maximum Gasteiger partial charge on any atom is 0.397 e. The third-order valence-electron chi connectivity index (χ3n) is 13.4. The van der Waals surface area contributed by atoms with E-state index in [1.165, 1.54) is 32.1 Å². The second-order valence-corrected chi connectivity index (χ2v) is 16.5. The number of nitrogens with one attached hydrogen (secondary N) is 1. The number of nitrogens with zero attached hydrogens (tertiary/aromatic N) is 1. The molecule has 1 amide bonds. The van der Waals surface area contributed by atoms with Crippen LogP contribution in [0.1, 0.15) is 111 Å². The van der Waals surface area contributed by atoms with E-state index in [0.717, 1.165) is 58.2 Å². The Morgan fingerprint density at radius 1 is 1.05 bits per heavy atom. The molecule has 4 saturated carbocycles. The fourth-order valence-corrected chi connectivity index (χ4v) is 11.6. The van der Waals surface area contributed by atoms with Gasteiger partial charge < -0.3 is 20.4 Å². The second-order valence-electron chi connectivity index (χ2n) is 15.4. The van der Waals surface area contributed by atoms with Crippen LogP contribution in [0.25, 0.3) is 0 Å². The molecule has 5 rings (SSSR count). The molecule has 0 aromatic heterocycles. The lowest BCUT2D eigenvalue weighted by atomic mass is 9.43. The highest BCUT2D eigenvalue weighted by atomic mass is 32.3. The van der Waals surface area contributed by atoms with Gasteiger partial charge in [0, 0.05) is 38.7 Å². The van der Waals surface area contributed by atoms with Crippen molar-refractivity contribution in [2.75, 3.05) is 26.2 Å². The number of amides is 1. The SMILES string of the molecule is C[C@H](CCC(CCO)OS(=O)(=O)O)[C@H]1CCC2C3CC[C@H]4C[C@@H](NCCN5CCCCC5=O)CC[C@]4(C)C3C[C@H](O)[C@@]21C. The largest absolute Gasteiger partial charge is 0.397 e. The number of hydrogen-bond donors (Lipinski definition) is 4. The third kappa shape index (κ3) is 6.99. The van der Waals surface area contributed by atoms with Gasteiger partial charge in [0.25, 0.3) is 0 Å². The van der Waals surface area contributed by atoms with Crippen LogP contribution in [0.3, 0.4) is 0 Å². The topological polar surface area (TPSA) is 136 Å². The molecule has 11 atom stereocenters. The number of carbonyl (C=O) groups excluding carboxylic acids is 1. The molecule has 43 heavy (non-hydrogen) atoms. The fourth-order valence-electron chi connectivity index (χ4n) is 11.1. The van der Waals surface area contributed by atoms with Gasteiger partial charge in [-0.15, -0.1) is 0 Å². The zero-order chi connectivity index (χ0) is 31.0. The predicted octanol–water partition coefficient (Wildman–Crippen LogP) is 4.57. The lowest BCUT2D eigenvalue weighted by Crippen LogP contribution is -2.59. The minimum Gasteiger partial charge on any atom is -0.396 e. The van der Waals surface area contributed by atoms with Gasteiger partial charge in [-0.1, -0.05) is 20.8 Å². The molecule has 0 aromatic carbocycles. The van der Waals surface area contributed by atoms with E-state index in [1.807, 2.05) is 4.90 Å². The standard InChI is InChI=1S/C33H58N2O7S/c1-22(7-9-25(14-19-36)42-43(39,40)41)27-11-12-28-26-10-8-23-20-24(34-16-18-35-17-5-4-6-31(35)38)13-15-32(23,2)29(26)21-30(37)33(27,28)3/h22-30,34,36-37H,4-21H2,1-3H3,(H,39,40,41)/t22-,23+,24+,25?,26?,27-,28?,29?,30+,32+,33-/m1/s1. The highest BCUT2D eigenvalue weighted by Crippen LogP contribution is 2.68. The van der Waals surface area contributed by atoms with Gasteiger partial charge in [0.05, 0.1) is 12.2 Å². The number of likely N-dealkylation sites (tertiary alicyclic amines) is 1. The van der Waals surface area contributed by atoms with Crippen LogP contribution >= 0.6 is 0 Å². The maximum atomic E-state index is 12.2. The summed E-state index contributed by atoms with van der Waals surface area (Å²) in [5, 5.41) is 25.1. The fraction of sp³-hybridized carbons (Fsp3) is 0.970. The summed E-state index contributed by atoms with van der Waals surface area (Å²) in [7, 11) is -4.57. The van der Waals surface area contributed by atoms with Crippen LogP contribution in [0.4, 0.5) is 0 Å². The molecule has 5 fully saturated rings.